The summed E-state index contributed by atoms with van der Waals surface area (Å²) in [6.07, 6.45) is 2.09. The molecule has 0 spiro atoms. The highest BCUT2D eigenvalue weighted by Gasteiger charge is 2.09. The third kappa shape index (κ3) is 3.35. The molecule has 2 aromatic rings. The van der Waals surface area contributed by atoms with Crippen molar-refractivity contribution in [3.8, 4) is 11.5 Å². The minimum Gasteiger partial charge on any atom is -0.508 e. The molecule has 0 aliphatic carbocycles. The minimum atomic E-state index is -0.848. The van der Waals surface area contributed by atoms with E-state index in [2.05, 4.69) is 15.5 Å². The lowest BCUT2D eigenvalue weighted by molar-refractivity contribution is 0.0953. The Labute approximate surface area is 116 Å². The van der Waals surface area contributed by atoms with Crippen LogP contribution in [0.5, 0.6) is 11.5 Å². The molecule has 5 N–H and O–H groups in total. The Kier molecular flexibility index (Phi) is 3.84. The van der Waals surface area contributed by atoms with E-state index in [1.54, 1.807) is 0 Å². The molecular weight excluding hydrogens is 280 g/mol. The Bertz CT molecular complexity index is 821. The van der Waals surface area contributed by atoms with Crippen LogP contribution in [0.4, 0.5) is 0 Å². The SMILES string of the molecule is O=C(NN=Cc1ccc(O)cc1O)c1c[nH]c(=O)[nH]c1=O. The van der Waals surface area contributed by atoms with E-state index in [1.807, 2.05) is 4.98 Å². The molecule has 0 bridgehead atoms. The Morgan fingerprint density at radius 1 is 1.29 bits per heavy atom. The van der Waals surface area contributed by atoms with Crippen LogP contribution < -0.4 is 16.7 Å². The van der Waals surface area contributed by atoms with Gasteiger partial charge in [-0.05, 0) is 12.1 Å². The van der Waals surface area contributed by atoms with Crippen LogP contribution in [0, 0.1) is 0 Å². The lowest BCUT2D eigenvalue weighted by atomic mass is 10.2. The van der Waals surface area contributed by atoms with E-state index in [9.17, 15) is 19.5 Å². The second kappa shape index (κ2) is 5.74. The highest BCUT2D eigenvalue weighted by molar-refractivity contribution is 5.94. The molecule has 2 rings (SSSR count). The van der Waals surface area contributed by atoms with Crippen molar-refractivity contribution in [3.05, 3.63) is 56.4 Å². The monoisotopic (exact) mass is 290 g/mol. The van der Waals surface area contributed by atoms with Crippen molar-refractivity contribution in [2.75, 3.05) is 0 Å². The molecule has 9 nitrogen and oxygen atoms in total. The van der Waals surface area contributed by atoms with Gasteiger partial charge in [-0.3, -0.25) is 14.6 Å². The van der Waals surface area contributed by atoms with Gasteiger partial charge in [0.2, 0.25) is 0 Å². The van der Waals surface area contributed by atoms with Crippen LogP contribution in [0.25, 0.3) is 0 Å². The van der Waals surface area contributed by atoms with Gasteiger partial charge in [-0.25, -0.2) is 10.2 Å². The zero-order chi connectivity index (χ0) is 15.4. The predicted molar refractivity (Wildman–Crippen MR) is 72.5 cm³/mol. The standard InChI is InChI=1S/C12H10N4O5/c17-7-2-1-6(9(18)3-7)4-14-16-11(20)8-5-13-12(21)15-10(8)19/h1-5,17-18H,(H,16,20)(H2,13,15,19,21). The van der Waals surface area contributed by atoms with Crippen LogP contribution in [0.1, 0.15) is 15.9 Å². The predicted octanol–water partition coefficient (Wildman–Crippen LogP) is -0.762. The van der Waals surface area contributed by atoms with Gasteiger partial charge in [0, 0.05) is 17.8 Å². The topological polar surface area (TPSA) is 148 Å². The molecule has 1 heterocycles. The highest BCUT2D eigenvalue weighted by Crippen LogP contribution is 2.20. The molecule has 1 aromatic carbocycles. The number of hydrogen-bond acceptors (Lipinski definition) is 6. The number of carbonyl (C=O) groups is 1. The van der Waals surface area contributed by atoms with E-state index in [1.165, 1.54) is 12.1 Å². The van der Waals surface area contributed by atoms with Crippen molar-refractivity contribution < 1.29 is 15.0 Å². The molecule has 9 heteroatoms. The van der Waals surface area contributed by atoms with Gasteiger partial charge in [0.15, 0.2) is 0 Å². The number of phenols is 2. The van der Waals surface area contributed by atoms with Gasteiger partial charge < -0.3 is 15.2 Å². The Morgan fingerprint density at radius 2 is 2.05 bits per heavy atom. The number of aromatic nitrogens is 2. The van der Waals surface area contributed by atoms with Crippen LogP contribution in [0.2, 0.25) is 0 Å². The van der Waals surface area contributed by atoms with Crippen molar-refractivity contribution in [3.63, 3.8) is 0 Å². The number of H-pyrrole nitrogens is 2. The van der Waals surface area contributed by atoms with Crippen molar-refractivity contribution >= 4 is 12.1 Å². The molecule has 0 radical (unpaired) electrons. The first-order valence-corrected chi connectivity index (χ1v) is 5.65. The van der Waals surface area contributed by atoms with Crippen LogP contribution in [-0.2, 0) is 0 Å². The summed E-state index contributed by atoms with van der Waals surface area (Å²) in [4.78, 5) is 37.8. The number of phenolic OH excluding ortho intramolecular Hbond substituents is 2. The van der Waals surface area contributed by atoms with Gasteiger partial charge in [-0.15, -0.1) is 0 Å². The summed E-state index contributed by atoms with van der Waals surface area (Å²) in [5.74, 6) is -1.18. The van der Waals surface area contributed by atoms with E-state index in [4.69, 9.17) is 5.11 Å². The van der Waals surface area contributed by atoms with Gasteiger partial charge >= 0.3 is 5.69 Å². The summed E-state index contributed by atoms with van der Waals surface area (Å²) in [6.45, 7) is 0. The van der Waals surface area contributed by atoms with Crippen molar-refractivity contribution in [2.45, 2.75) is 0 Å². The fourth-order valence-corrected chi connectivity index (χ4v) is 1.44. The third-order valence-electron chi connectivity index (χ3n) is 2.45. The van der Waals surface area contributed by atoms with E-state index < -0.39 is 17.2 Å². The molecule has 0 saturated heterocycles. The van der Waals surface area contributed by atoms with Crippen LogP contribution in [-0.4, -0.2) is 32.3 Å². The molecule has 0 saturated carbocycles. The molecule has 0 aliphatic heterocycles. The van der Waals surface area contributed by atoms with Crippen molar-refractivity contribution in [1.29, 1.82) is 0 Å². The lowest BCUT2D eigenvalue weighted by Gasteiger charge is -2.00. The summed E-state index contributed by atoms with van der Waals surface area (Å²) >= 11 is 0. The maximum Gasteiger partial charge on any atom is 0.325 e. The quantitative estimate of drug-likeness (QED) is 0.372. The molecule has 21 heavy (non-hydrogen) atoms. The maximum atomic E-state index is 11.6. The number of benzene rings is 1. The van der Waals surface area contributed by atoms with Crippen LogP contribution in [0.15, 0.2) is 39.1 Å². The molecule has 1 aromatic heterocycles. The van der Waals surface area contributed by atoms with Crippen LogP contribution in [0.3, 0.4) is 0 Å². The van der Waals surface area contributed by atoms with Gasteiger partial charge in [-0.2, -0.15) is 5.10 Å². The highest BCUT2D eigenvalue weighted by atomic mass is 16.3. The first kappa shape index (κ1) is 14.1. The first-order chi connectivity index (χ1) is 9.97. The normalized spacial score (nSPS) is 10.7. The first-order valence-electron chi connectivity index (χ1n) is 5.65. The fraction of sp³-hybridized carbons (Fsp3) is 0. The molecule has 1 amide bonds. The largest absolute Gasteiger partial charge is 0.508 e. The number of aromatic hydroxyl groups is 2. The fourth-order valence-electron chi connectivity index (χ4n) is 1.44. The number of carbonyl (C=O) groups excluding carboxylic acids is 1. The minimum absolute atomic E-state index is 0.117. The van der Waals surface area contributed by atoms with E-state index in [0.29, 0.717) is 0 Å². The van der Waals surface area contributed by atoms with E-state index in [-0.39, 0.29) is 22.6 Å². The maximum absolute atomic E-state index is 11.6. The zero-order valence-corrected chi connectivity index (χ0v) is 10.5. The Hall–Kier alpha value is -3.36. The van der Waals surface area contributed by atoms with Crippen molar-refractivity contribution in [1.82, 2.24) is 15.4 Å². The van der Waals surface area contributed by atoms with E-state index >= 15 is 0 Å². The smallest absolute Gasteiger partial charge is 0.325 e. The number of hydrogen-bond donors (Lipinski definition) is 5. The number of nitrogens with zero attached hydrogens (tertiary/aromatic N) is 1. The number of amides is 1. The van der Waals surface area contributed by atoms with Gasteiger partial charge in [-0.1, -0.05) is 0 Å². The number of nitrogens with one attached hydrogen (secondary N) is 3. The summed E-state index contributed by atoms with van der Waals surface area (Å²) in [5.41, 5.74) is 0.424. The second-order valence-corrected chi connectivity index (χ2v) is 3.93. The number of rotatable bonds is 3. The summed E-state index contributed by atoms with van der Waals surface area (Å²) in [5, 5.41) is 22.2. The Balaban J connectivity index is 2.12. The molecular formula is C12H10N4O5. The summed E-state index contributed by atoms with van der Waals surface area (Å²) < 4.78 is 0. The van der Waals surface area contributed by atoms with Crippen LogP contribution >= 0.6 is 0 Å². The van der Waals surface area contributed by atoms with E-state index in [0.717, 1.165) is 18.5 Å². The molecule has 0 atom stereocenters. The lowest BCUT2D eigenvalue weighted by Crippen LogP contribution is -2.31. The van der Waals surface area contributed by atoms with Crippen molar-refractivity contribution in [2.24, 2.45) is 5.10 Å². The molecule has 0 aliphatic rings. The number of aromatic amines is 2. The molecule has 108 valence electrons. The zero-order valence-electron chi connectivity index (χ0n) is 10.5. The van der Waals surface area contributed by atoms with Gasteiger partial charge in [0.05, 0.1) is 6.21 Å². The van der Waals surface area contributed by atoms with Gasteiger partial charge in [0.25, 0.3) is 11.5 Å². The third-order valence-corrected chi connectivity index (χ3v) is 2.45. The average molecular weight is 290 g/mol. The number of hydrazone groups is 1. The molecule has 0 fully saturated rings. The summed E-state index contributed by atoms with van der Waals surface area (Å²) in [6, 6.07) is 3.82. The summed E-state index contributed by atoms with van der Waals surface area (Å²) in [7, 11) is 0. The Morgan fingerprint density at radius 3 is 2.71 bits per heavy atom. The van der Waals surface area contributed by atoms with Gasteiger partial charge in [0.1, 0.15) is 17.1 Å². The molecule has 0 unspecified atom stereocenters. The average Bonchev–Trinajstić information content (AvgIpc) is 2.41. The second-order valence-electron chi connectivity index (χ2n) is 3.93.